The molecule has 0 heterocycles. The fraction of sp³-hybridized carbons (Fsp3) is 0.167. The number of hydrogen-bond acceptors (Lipinski definition) is 2. The summed E-state index contributed by atoms with van der Waals surface area (Å²) in [5, 5.41) is 2.48. The summed E-state index contributed by atoms with van der Waals surface area (Å²) in [6.45, 7) is 7.09. The predicted octanol–water partition coefficient (Wildman–Crippen LogP) is 6.28. The first-order valence-electron chi connectivity index (χ1n) is 11.5. The molecule has 4 heteroatoms. The van der Waals surface area contributed by atoms with E-state index >= 15 is 0 Å². The second kappa shape index (κ2) is 10.6. The minimum absolute atomic E-state index is 0.0832. The monoisotopic (exact) mass is 528 g/mol. The molecule has 0 unspecified atom stereocenters. The van der Waals surface area contributed by atoms with Crippen LogP contribution in [0.1, 0.15) is 42.3 Å². The van der Waals surface area contributed by atoms with Gasteiger partial charge in [-0.05, 0) is 50.2 Å². The van der Waals surface area contributed by atoms with Crippen LogP contribution in [-0.4, -0.2) is 15.3 Å². The van der Waals surface area contributed by atoms with Gasteiger partial charge in [0.05, 0.1) is 6.61 Å². The summed E-state index contributed by atoms with van der Waals surface area (Å²) >= 11 is 3.72. The summed E-state index contributed by atoms with van der Waals surface area (Å²) in [6, 6.07) is 33.4. The van der Waals surface area contributed by atoms with Crippen molar-refractivity contribution < 1.29 is 9.22 Å². The van der Waals surface area contributed by atoms with Crippen LogP contribution in [0.2, 0.25) is 0 Å². The molecule has 0 fully saturated rings. The van der Waals surface area contributed by atoms with Gasteiger partial charge in [0.15, 0.2) is 0 Å². The Hall–Kier alpha value is -2.79. The van der Waals surface area contributed by atoms with Gasteiger partial charge in [0, 0.05) is 10.0 Å². The Kier molecular flexibility index (Phi) is 7.62. The molecule has 0 amide bonds. The van der Waals surface area contributed by atoms with Gasteiger partial charge in [-0.25, -0.2) is 0 Å². The van der Waals surface area contributed by atoms with Crippen LogP contribution in [0.25, 0.3) is 11.1 Å². The molecule has 0 N–H and O–H groups in total. The summed E-state index contributed by atoms with van der Waals surface area (Å²) in [5.74, 6) is 0. The lowest BCUT2D eigenvalue weighted by atomic mass is 9.86. The number of rotatable bonds is 7. The first-order chi connectivity index (χ1) is 16.4. The Balaban J connectivity index is 1.72. The van der Waals surface area contributed by atoms with Crippen LogP contribution in [0.15, 0.2) is 102 Å². The topological polar surface area (TPSA) is 26.3 Å². The molecular formula is C30H29BrO2Si. The van der Waals surface area contributed by atoms with Crippen molar-refractivity contribution in [1.29, 1.82) is 0 Å². The van der Waals surface area contributed by atoms with E-state index in [2.05, 4.69) is 109 Å². The van der Waals surface area contributed by atoms with E-state index in [1.54, 1.807) is 0 Å². The third-order valence-electron chi connectivity index (χ3n) is 6.01. The third kappa shape index (κ3) is 5.64. The predicted molar refractivity (Wildman–Crippen MR) is 148 cm³/mol. The summed E-state index contributed by atoms with van der Waals surface area (Å²) in [6.07, 6.45) is 0.897. The van der Waals surface area contributed by atoms with Gasteiger partial charge in [0.1, 0.15) is 6.29 Å². The number of hydrogen-bond donors (Lipinski definition) is 0. The van der Waals surface area contributed by atoms with E-state index < -0.39 is 9.04 Å². The maximum absolute atomic E-state index is 11.6. The van der Waals surface area contributed by atoms with E-state index in [0.29, 0.717) is 12.2 Å². The fourth-order valence-corrected chi connectivity index (χ4v) is 6.93. The first-order valence-corrected chi connectivity index (χ1v) is 13.9. The highest BCUT2D eigenvalue weighted by molar-refractivity contribution is 9.10. The molecule has 34 heavy (non-hydrogen) atoms. The van der Waals surface area contributed by atoms with Crippen molar-refractivity contribution in [2.24, 2.45) is 0 Å². The van der Waals surface area contributed by atoms with Crippen molar-refractivity contribution >= 4 is 41.6 Å². The van der Waals surface area contributed by atoms with Crippen LogP contribution in [0.5, 0.6) is 0 Å². The zero-order valence-electron chi connectivity index (χ0n) is 19.8. The number of aldehydes is 1. The molecule has 0 bridgehead atoms. The maximum Gasteiger partial charge on any atom is 0.240 e. The molecule has 0 saturated carbocycles. The quantitative estimate of drug-likeness (QED) is 0.208. The summed E-state index contributed by atoms with van der Waals surface area (Å²) in [5.41, 5.74) is 5.16. The van der Waals surface area contributed by atoms with Crippen molar-refractivity contribution in [2.45, 2.75) is 32.8 Å². The zero-order valence-corrected chi connectivity index (χ0v) is 22.5. The van der Waals surface area contributed by atoms with Gasteiger partial charge in [0.25, 0.3) is 0 Å². The Morgan fingerprint density at radius 3 is 1.88 bits per heavy atom. The molecule has 0 aliphatic heterocycles. The van der Waals surface area contributed by atoms with Crippen molar-refractivity contribution in [3.63, 3.8) is 0 Å². The SMILES string of the molecule is CC(C)(C)c1ccc(-c2cc(C=O)cc(Br)c2CO[SiH](c2ccccc2)c2ccccc2)cc1. The molecule has 4 rings (SSSR count). The Morgan fingerprint density at radius 2 is 1.38 bits per heavy atom. The van der Waals surface area contributed by atoms with E-state index in [4.69, 9.17) is 4.43 Å². The van der Waals surface area contributed by atoms with Gasteiger partial charge in [-0.1, -0.05) is 122 Å². The van der Waals surface area contributed by atoms with E-state index in [0.717, 1.165) is 27.4 Å². The van der Waals surface area contributed by atoms with E-state index in [9.17, 15) is 4.79 Å². The molecule has 0 aliphatic rings. The molecule has 0 aliphatic carbocycles. The highest BCUT2D eigenvalue weighted by Gasteiger charge is 2.20. The minimum Gasteiger partial charge on any atom is -0.407 e. The lowest BCUT2D eigenvalue weighted by molar-refractivity contribution is 0.112. The normalized spacial score (nSPS) is 11.6. The van der Waals surface area contributed by atoms with Gasteiger partial charge in [0.2, 0.25) is 9.04 Å². The second-order valence-electron chi connectivity index (χ2n) is 9.49. The van der Waals surface area contributed by atoms with Gasteiger partial charge in [-0.2, -0.15) is 0 Å². The molecule has 0 spiro atoms. The Morgan fingerprint density at radius 1 is 0.824 bits per heavy atom. The molecule has 0 aromatic heterocycles. The first kappa shape index (κ1) is 24.3. The molecule has 0 radical (unpaired) electrons. The molecule has 0 saturated heterocycles. The summed E-state index contributed by atoms with van der Waals surface area (Å²) in [7, 11) is -1.90. The lowest BCUT2D eigenvalue weighted by Gasteiger charge is -2.21. The zero-order chi connectivity index (χ0) is 24.1. The average molecular weight is 530 g/mol. The van der Waals surface area contributed by atoms with E-state index in [1.165, 1.54) is 15.9 Å². The van der Waals surface area contributed by atoms with Crippen molar-refractivity contribution in [3.8, 4) is 11.1 Å². The van der Waals surface area contributed by atoms with Gasteiger partial charge in [-0.3, -0.25) is 4.79 Å². The van der Waals surface area contributed by atoms with Crippen LogP contribution < -0.4 is 10.4 Å². The fourth-order valence-electron chi connectivity index (χ4n) is 4.09. The van der Waals surface area contributed by atoms with Crippen molar-refractivity contribution in [3.05, 3.63) is 118 Å². The smallest absolute Gasteiger partial charge is 0.240 e. The lowest BCUT2D eigenvalue weighted by Crippen LogP contribution is -2.44. The molecule has 4 aromatic rings. The number of carbonyl (C=O) groups is 1. The van der Waals surface area contributed by atoms with Gasteiger partial charge < -0.3 is 4.43 Å². The summed E-state index contributed by atoms with van der Waals surface area (Å²) in [4.78, 5) is 11.6. The van der Waals surface area contributed by atoms with Crippen LogP contribution in [0, 0.1) is 0 Å². The molecule has 0 atom stereocenters. The van der Waals surface area contributed by atoms with E-state index in [-0.39, 0.29) is 5.41 Å². The summed E-state index contributed by atoms with van der Waals surface area (Å²) < 4.78 is 7.61. The minimum atomic E-state index is -1.90. The maximum atomic E-state index is 11.6. The number of carbonyl (C=O) groups excluding carboxylic acids is 1. The molecule has 172 valence electrons. The second-order valence-corrected chi connectivity index (χ2v) is 12.8. The molecule has 2 nitrogen and oxygen atoms in total. The highest BCUT2D eigenvalue weighted by atomic mass is 79.9. The standard InChI is InChI=1S/C30H29BrO2Si/c1-30(2,3)24-16-14-23(15-17-24)27-18-22(20-32)19-29(31)28(27)21-33-34(25-10-6-4-7-11-25)26-12-8-5-9-13-26/h4-20,34H,21H2,1-3H3. The van der Waals surface area contributed by atoms with Crippen molar-refractivity contribution in [1.82, 2.24) is 0 Å². The number of benzene rings is 4. The van der Waals surface area contributed by atoms with Crippen LogP contribution in [0.3, 0.4) is 0 Å². The molecule has 4 aromatic carbocycles. The van der Waals surface area contributed by atoms with Gasteiger partial charge >= 0.3 is 0 Å². The Labute approximate surface area is 212 Å². The van der Waals surface area contributed by atoms with Gasteiger partial charge in [-0.15, -0.1) is 0 Å². The van der Waals surface area contributed by atoms with Crippen LogP contribution in [-0.2, 0) is 16.4 Å². The largest absolute Gasteiger partial charge is 0.407 e. The van der Waals surface area contributed by atoms with Crippen molar-refractivity contribution in [2.75, 3.05) is 0 Å². The Bertz CT molecular complexity index is 1210. The molecular weight excluding hydrogens is 500 g/mol. The van der Waals surface area contributed by atoms with Crippen LogP contribution >= 0.6 is 15.9 Å². The highest BCUT2D eigenvalue weighted by Crippen LogP contribution is 2.33. The number of halogens is 1. The average Bonchev–Trinajstić information content (AvgIpc) is 2.85. The third-order valence-corrected chi connectivity index (χ3v) is 9.20. The van der Waals surface area contributed by atoms with Crippen LogP contribution in [0.4, 0.5) is 0 Å². The van der Waals surface area contributed by atoms with E-state index in [1.807, 2.05) is 24.3 Å².